The standard InChI is InChI=1S/C18H18Cl2F2N2/c19-17-7-14(21)3-1-12(17)10-24(16-5-6-23-9-16)11-13-2-4-15(22)8-18(13)20/h1-4,7-8,16,23H,5-6,9-11H2/t16-/m0/s1. The van der Waals surface area contributed by atoms with Gasteiger partial charge >= 0.3 is 0 Å². The van der Waals surface area contributed by atoms with Gasteiger partial charge in [0, 0.05) is 35.7 Å². The van der Waals surface area contributed by atoms with Crippen molar-refractivity contribution in [2.45, 2.75) is 25.6 Å². The third-order valence-corrected chi connectivity index (χ3v) is 5.03. The van der Waals surface area contributed by atoms with E-state index in [9.17, 15) is 8.78 Å². The van der Waals surface area contributed by atoms with Crippen molar-refractivity contribution in [3.05, 3.63) is 69.2 Å². The predicted octanol–water partition coefficient (Wildman–Crippen LogP) is 4.64. The zero-order valence-electron chi connectivity index (χ0n) is 13.0. The average molecular weight is 371 g/mol. The molecule has 0 aliphatic carbocycles. The van der Waals surface area contributed by atoms with Gasteiger partial charge in [-0.25, -0.2) is 8.78 Å². The molecule has 3 rings (SSSR count). The van der Waals surface area contributed by atoms with E-state index in [1.165, 1.54) is 24.3 Å². The summed E-state index contributed by atoms with van der Waals surface area (Å²) >= 11 is 12.4. The molecule has 0 saturated carbocycles. The maximum Gasteiger partial charge on any atom is 0.124 e. The van der Waals surface area contributed by atoms with Crippen molar-refractivity contribution in [2.24, 2.45) is 0 Å². The molecule has 0 aromatic heterocycles. The Balaban J connectivity index is 1.83. The highest BCUT2D eigenvalue weighted by Gasteiger charge is 2.24. The van der Waals surface area contributed by atoms with Gasteiger partial charge in [0.2, 0.25) is 0 Å². The minimum Gasteiger partial charge on any atom is -0.315 e. The Morgan fingerprint density at radius 2 is 1.50 bits per heavy atom. The lowest BCUT2D eigenvalue weighted by Gasteiger charge is -2.29. The fourth-order valence-electron chi connectivity index (χ4n) is 3.00. The van der Waals surface area contributed by atoms with E-state index in [0.29, 0.717) is 29.2 Å². The van der Waals surface area contributed by atoms with E-state index >= 15 is 0 Å². The van der Waals surface area contributed by atoms with Crippen molar-refractivity contribution in [1.29, 1.82) is 0 Å². The van der Waals surface area contributed by atoms with E-state index < -0.39 is 0 Å². The molecule has 1 aliphatic rings. The van der Waals surface area contributed by atoms with Gasteiger partial charge in [0.25, 0.3) is 0 Å². The van der Waals surface area contributed by atoms with Gasteiger partial charge in [0.15, 0.2) is 0 Å². The van der Waals surface area contributed by atoms with Gasteiger partial charge in [-0.05, 0) is 48.4 Å². The summed E-state index contributed by atoms with van der Waals surface area (Å²) in [6.45, 7) is 2.99. The van der Waals surface area contributed by atoms with Crippen LogP contribution in [0.2, 0.25) is 10.0 Å². The SMILES string of the molecule is Fc1ccc(CN(Cc2ccc(F)cc2Cl)[C@H]2CCNC2)c(Cl)c1. The normalized spacial score (nSPS) is 17.6. The lowest BCUT2D eigenvalue weighted by Crippen LogP contribution is -2.36. The van der Waals surface area contributed by atoms with Gasteiger partial charge in [-0.3, -0.25) is 4.90 Å². The van der Waals surface area contributed by atoms with Crippen molar-refractivity contribution < 1.29 is 8.78 Å². The Bertz CT molecular complexity index is 665. The largest absolute Gasteiger partial charge is 0.315 e. The molecule has 1 saturated heterocycles. The summed E-state index contributed by atoms with van der Waals surface area (Å²) in [4.78, 5) is 2.25. The molecule has 2 nitrogen and oxygen atoms in total. The predicted molar refractivity (Wildman–Crippen MR) is 93.3 cm³/mol. The Kier molecular flexibility index (Phi) is 5.72. The topological polar surface area (TPSA) is 15.3 Å². The first-order valence-corrected chi connectivity index (χ1v) is 8.61. The van der Waals surface area contributed by atoms with Crippen LogP contribution < -0.4 is 5.32 Å². The smallest absolute Gasteiger partial charge is 0.124 e. The molecule has 1 heterocycles. The van der Waals surface area contributed by atoms with Crippen LogP contribution in [0.15, 0.2) is 36.4 Å². The van der Waals surface area contributed by atoms with Crippen LogP contribution in [0.25, 0.3) is 0 Å². The molecular formula is C18H18Cl2F2N2. The minimum absolute atomic E-state index is 0.326. The number of nitrogens with one attached hydrogen (secondary N) is 1. The second kappa shape index (κ2) is 7.79. The molecule has 128 valence electrons. The van der Waals surface area contributed by atoms with E-state index in [1.54, 1.807) is 12.1 Å². The quantitative estimate of drug-likeness (QED) is 0.824. The summed E-state index contributed by atoms with van der Waals surface area (Å²) in [5.41, 5.74) is 1.73. The van der Waals surface area contributed by atoms with Crippen LogP contribution >= 0.6 is 23.2 Å². The molecule has 1 fully saturated rings. The van der Waals surface area contributed by atoms with Gasteiger partial charge in [-0.15, -0.1) is 0 Å². The van der Waals surface area contributed by atoms with Crippen LogP contribution in [0.4, 0.5) is 8.78 Å². The van der Waals surface area contributed by atoms with Crippen molar-refractivity contribution in [1.82, 2.24) is 10.2 Å². The fraction of sp³-hybridized carbons (Fsp3) is 0.333. The number of nitrogens with zero attached hydrogens (tertiary/aromatic N) is 1. The monoisotopic (exact) mass is 370 g/mol. The molecule has 2 aromatic rings. The number of hydrogen-bond acceptors (Lipinski definition) is 2. The van der Waals surface area contributed by atoms with Crippen molar-refractivity contribution in [3.63, 3.8) is 0 Å². The lowest BCUT2D eigenvalue weighted by atomic mass is 10.1. The van der Waals surface area contributed by atoms with Crippen molar-refractivity contribution >= 4 is 23.2 Å². The zero-order chi connectivity index (χ0) is 17.1. The molecule has 1 aliphatic heterocycles. The summed E-state index contributed by atoms with van der Waals surface area (Å²) in [6, 6.07) is 9.22. The molecule has 2 aromatic carbocycles. The van der Waals surface area contributed by atoms with E-state index in [4.69, 9.17) is 23.2 Å². The van der Waals surface area contributed by atoms with Crippen LogP contribution in [-0.2, 0) is 13.1 Å². The second-order valence-electron chi connectivity index (χ2n) is 6.02. The van der Waals surface area contributed by atoms with E-state index in [-0.39, 0.29) is 11.6 Å². The van der Waals surface area contributed by atoms with Crippen LogP contribution in [0.3, 0.4) is 0 Å². The summed E-state index contributed by atoms with van der Waals surface area (Å²) in [5, 5.41) is 4.17. The number of hydrogen-bond donors (Lipinski definition) is 1. The molecule has 6 heteroatoms. The average Bonchev–Trinajstić information content (AvgIpc) is 3.05. The Hall–Kier alpha value is -1.20. The van der Waals surface area contributed by atoms with Gasteiger partial charge < -0.3 is 5.32 Å². The lowest BCUT2D eigenvalue weighted by molar-refractivity contribution is 0.190. The second-order valence-corrected chi connectivity index (χ2v) is 6.84. The Morgan fingerprint density at radius 1 is 0.958 bits per heavy atom. The Morgan fingerprint density at radius 3 is 1.92 bits per heavy atom. The van der Waals surface area contributed by atoms with Gasteiger partial charge in [-0.2, -0.15) is 0 Å². The van der Waals surface area contributed by atoms with E-state index in [1.807, 2.05) is 0 Å². The third-order valence-electron chi connectivity index (χ3n) is 4.33. The first-order valence-electron chi connectivity index (χ1n) is 7.85. The molecule has 0 unspecified atom stereocenters. The molecule has 0 bridgehead atoms. The molecular weight excluding hydrogens is 353 g/mol. The van der Waals surface area contributed by atoms with Crippen molar-refractivity contribution in [3.8, 4) is 0 Å². The number of rotatable bonds is 5. The highest BCUT2D eigenvalue weighted by molar-refractivity contribution is 6.31. The number of benzene rings is 2. The van der Waals surface area contributed by atoms with Crippen LogP contribution in [0.1, 0.15) is 17.5 Å². The summed E-state index contributed by atoms with van der Waals surface area (Å²) in [6.07, 6.45) is 1.01. The first kappa shape index (κ1) is 17.6. The summed E-state index contributed by atoms with van der Waals surface area (Å²) < 4.78 is 26.5. The zero-order valence-corrected chi connectivity index (χ0v) is 14.5. The maximum absolute atomic E-state index is 13.3. The van der Waals surface area contributed by atoms with E-state index in [0.717, 1.165) is 30.6 Å². The van der Waals surface area contributed by atoms with Gasteiger partial charge in [0.1, 0.15) is 11.6 Å². The summed E-state index contributed by atoms with van der Waals surface area (Å²) in [5.74, 6) is -0.696. The van der Waals surface area contributed by atoms with Crippen LogP contribution in [0.5, 0.6) is 0 Å². The third kappa shape index (κ3) is 4.25. The van der Waals surface area contributed by atoms with E-state index in [2.05, 4.69) is 10.2 Å². The van der Waals surface area contributed by atoms with Crippen LogP contribution in [0, 0.1) is 11.6 Å². The van der Waals surface area contributed by atoms with Gasteiger partial charge in [0.05, 0.1) is 0 Å². The highest BCUT2D eigenvalue weighted by atomic mass is 35.5. The first-order chi connectivity index (χ1) is 11.5. The highest BCUT2D eigenvalue weighted by Crippen LogP contribution is 2.25. The van der Waals surface area contributed by atoms with Crippen molar-refractivity contribution in [2.75, 3.05) is 13.1 Å². The molecule has 24 heavy (non-hydrogen) atoms. The van der Waals surface area contributed by atoms with Gasteiger partial charge in [-0.1, -0.05) is 35.3 Å². The molecule has 1 N–H and O–H groups in total. The molecule has 0 radical (unpaired) electrons. The molecule has 1 atom stereocenters. The fourth-order valence-corrected chi connectivity index (χ4v) is 3.46. The maximum atomic E-state index is 13.3. The molecule has 0 amide bonds. The Labute approximate surface area is 150 Å². The number of halogens is 4. The van der Waals surface area contributed by atoms with Crippen LogP contribution in [-0.4, -0.2) is 24.0 Å². The minimum atomic E-state index is -0.348. The summed E-state index contributed by atoms with van der Waals surface area (Å²) in [7, 11) is 0. The molecule has 0 spiro atoms.